The number of para-hydroxylation sites is 1. The van der Waals surface area contributed by atoms with Crippen LogP contribution in [0.3, 0.4) is 0 Å². The van der Waals surface area contributed by atoms with Crippen molar-refractivity contribution in [2.75, 3.05) is 11.9 Å². The van der Waals surface area contributed by atoms with E-state index in [1.54, 1.807) is 6.07 Å². The number of hydrogen-bond acceptors (Lipinski definition) is 4. The second-order valence-electron chi connectivity index (χ2n) is 6.00. The fraction of sp³-hybridized carbons (Fsp3) is 0.300. The normalized spacial score (nSPS) is 11.5. The highest BCUT2D eigenvalue weighted by atomic mass is 16.6. The van der Waals surface area contributed by atoms with Crippen molar-refractivity contribution in [2.45, 2.75) is 33.8 Å². The average Bonchev–Trinajstić information content (AvgIpc) is 2.54. The first-order chi connectivity index (χ1) is 11.9. The average molecular weight is 341 g/mol. The minimum Gasteiger partial charge on any atom is -0.481 e. The molecule has 2 rings (SSSR count). The summed E-state index contributed by atoms with van der Waals surface area (Å²) in [6, 6.07) is 13.1. The number of ether oxygens (including phenoxy) is 2. The van der Waals surface area contributed by atoms with Crippen molar-refractivity contribution < 1.29 is 19.1 Å². The molecule has 2 aromatic rings. The molecule has 2 aromatic carbocycles. The van der Waals surface area contributed by atoms with Crippen LogP contribution in [0.15, 0.2) is 42.5 Å². The van der Waals surface area contributed by atoms with Gasteiger partial charge < -0.3 is 14.8 Å². The summed E-state index contributed by atoms with van der Waals surface area (Å²) in [4.78, 5) is 24.0. The summed E-state index contributed by atoms with van der Waals surface area (Å²) in [5, 5.41) is 2.72. The molecule has 0 saturated carbocycles. The van der Waals surface area contributed by atoms with Crippen LogP contribution in [0, 0.1) is 20.8 Å². The predicted octanol–water partition coefficient (Wildman–Crippen LogP) is 3.56. The molecule has 1 N–H and O–H groups in total. The lowest BCUT2D eigenvalue weighted by Gasteiger charge is -2.15. The van der Waals surface area contributed by atoms with E-state index < -0.39 is 12.1 Å². The number of carbonyl (C=O) groups excluding carboxylic acids is 2. The number of amides is 1. The van der Waals surface area contributed by atoms with Crippen molar-refractivity contribution in [1.82, 2.24) is 0 Å². The summed E-state index contributed by atoms with van der Waals surface area (Å²) in [6.07, 6.45) is -0.908. The fourth-order valence-electron chi connectivity index (χ4n) is 2.41. The van der Waals surface area contributed by atoms with E-state index in [0.717, 1.165) is 16.7 Å². The van der Waals surface area contributed by atoms with Crippen molar-refractivity contribution in [3.63, 3.8) is 0 Å². The van der Waals surface area contributed by atoms with Gasteiger partial charge in [0.2, 0.25) is 0 Å². The number of carbonyl (C=O) groups is 2. The van der Waals surface area contributed by atoms with Crippen LogP contribution in [0.2, 0.25) is 0 Å². The van der Waals surface area contributed by atoms with Gasteiger partial charge in [0, 0.05) is 5.69 Å². The van der Waals surface area contributed by atoms with Crippen LogP contribution < -0.4 is 10.1 Å². The summed E-state index contributed by atoms with van der Waals surface area (Å²) in [5.41, 5.74) is 3.58. The lowest BCUT2D eigenvalue weighted by atomic mass is 10.1. The van der Waals surface area contributed by atoms with E-state index in [1.807, 2.05) is 57.2 Å². The van der Waals surface area contributed by atoms with Crippen molar-refractivity contribution >= 4 is 17.6 Å². The van der Waals surface area contributed by atoms with Crippen LogP contribution in [0.25, 0.3) is 0 Å². The number of esters is 1. The molecule has 132 valence electrons. The Morgan fingerprint density at radius 3 is 2.32 bits per heavy atom. The standard InChI is InChI=1S/C20H23NO4/c1-13-7-5-10-17(11-13)21-20(23)16(4)25-18(22)12-24-19-14(2)8-6-9-15(19)3/h5-11,16H,12H2,1-4H3,(H,21,23). The summed E-state index contributed by atoms with van der Waals surface area (Å²) >= 11 is 0. The van der Waals surface area contributed by atoms with Gasteiger partial charge in [-0.2, -0.15) is 0 Å². The largest absolute Gasteiger partial charge is 0.481 e. The molecule has 5 heteroatoms. The van der Waals surface area contributed by atoms with E-state index in [1.165, 1.54) is 6.92 Å². The topological polar surface area (TPSA) is 64.6 Å². The second kappa shape index (κ2) is 8.33. The molecule has 0 aliphatic carbocycles. The van der Waals surface area contributed by atoms with Crippen molar-refractivity contribution in [3.8, 4) is 5.75 Å². The van der Waals surface area contributed by atoms with E-state index in [9.17, 15) is 9.59 Å². The highest BCUT2D eigenvalue weighted by molar-refractivity contribution is 5.95. The molecule has 0 aliphatic heterocycles. The molecule has 0 heterocycles. The van der Waals surface area contributed by atoms with Gasteiger partial charge in [-0.25, -0.2) is 4.79 Å². The van der Waals surface area contributed by atoms with Gasteiger partial charge in [0.05, 0.1) is 0 Å². The molecule has 0 radical (unpaired) electrons. The monoisotopic (exact) mass is 341 g/mol. The maximum absolute atomic E-state index is 12.1. The van der Waals surface area contributed by atoms with E-state index in [0.29, 0.717) is 11.4 Å². The van der Waals surface area contributed by atoms with Gasteiger partial charge in [0.25, 0.3) is 5.91 Å². The lowest BCUT2D eigenvalue weighted by Crippen LogP contribution is -2.31. The van der Waals surface area contributed by atoms with Gasteiger partial charge in [-0.15, -0.1) is 0 Å². The summed E-state index contributed by atoms with van der Waals surface area (Å²) in [7, 11) is 0. The van der Waals surface area contributed by atoms with E-state index in [2.05, 4.69) is 5.32 Å². The van der Waals surface area contributed by atoms with Crippen LogP contribution in [0.4, 0.5) is 5.69 Å². The Hall–Kier alpha value is -2.82. The first-order valence-corrected chi connectivity index (χ1v) is 8.13. The van der Waals surface area contributed by atoms with Crippen LogP contribution in [0.1, 0.15) is 23.6 Å². The Morgan fingerprint density at radius 1 is 1.04 bits per heavy atom. The number of aryl methyl sites for hydroxylation is 3. The minimum absolute atomic E-state index is 0.242. The Morgan fingerprint density at radius 2 is 1.68 bits per heavy atom. The maximum Gasteiger partial charge on any atom is 0.344 e. The first kappa shape index (κ1) is 18.5. The summed E-state index contributed by atoms with van der Waals surface area (Å²) in [5.74, 6) is -0.308. The van der Waals surface area contributed by atoms with Crippen LogP contribution in [0.5, 0.6) is 5.75 Å². The third-order valence-corrected chi connectivity index (χ3v) is 3.71. The van der Waals surface area contributed by atoms with Gasteiger partial charge in [-0.1, -0.05) is 30.3 Å². The molecular weight excluding hydrogens is 318 g/mol. The lowest BCUT2D eigenvalue weighted by molar-refractivity contribution is -0.155. The van der Waals surface area contributed by atoms with Crippen LogP contribution in [-0.4, -0.2) is 24.6 Å². The minimum atomic E-state index is -0.908. The first-order valence-electron chi connectivity index (χ1n) is 8.13. The Balaban J connectivity index is 1.86. The smallest absolute Gasteiger partial charge is 0.344 e. The zero-order valence-corrected chi connectivity index (χ0v) is 15.0. The number of benzene rings is 2. The molecule has 0 bridgehead atoms. The zero-order valence-electron chi connectivity index (χ0n) is 15.0. The highest BCUT2D eigenvalue weighted by Gasteiger charge is 2.18. The molecule has 0 saturated heterocycles. The zero-order chi connectivity index (χ0) is 18.4. The van der Waals surface area contributed by atoms with E-state index in [4.69, 9.17) is 9.47 Å². The Bertz CT molecular complexity index is 750. The Kier molecular flexibility index (Phi) is 6.17. The third kappa shape index (κ3) is 5.35. The van der Waals surface area contributed by atoms with Gasteiger partial charge in [0.15, 0.2) is 12.7 Å². The number of rotatable bonds is 6. The van der Waals surface area contributed by atoms with Crippen molar-refractivity contribution in [3.05, 3.63) is 59.2 Å². The van der Waals surface area contributed by atoms with Crippen LogP contribution in [-0.2, 0) is 14.3 Å². The molecule has 1 amide bonds. The predicted molar refractivity (Wildman–Crippen MR) is 96.8 cm³/mol. The number of hydrogen-bond donors (Lipinski definition) is 1. The molecule has 1 atom stereocenters. The molecule has 1 unspecified atom stereocenters. The van der Waals surface area contributed by atoms with Gasteiger partial charge in [-0.3, -0.25) is 4.79 Å². The van der Waals surface area contributed by atoms with E-state index >= 15 is 0 Å². The second-order valence-corrected chi connectivity index (χ2v) is 6.00. The molecular formula is C20H23NO4. The van der Waals surface area contributed by atoms with Gasteiger partial charge in [0.1, 0.15) is 5.75 Å². The summed E-state index contributed by atoms with van der Waals surface area (Å²) < 4.78 is 10.7. The highest BCUT2D eigenvalue weighted by Crippen LogP contribution is 2.22. The van der Waals surface area contributed by atoms with Crippen molar-refractivity contribution in [2.24, 2.45) is 0 Å². The molecule has 25 heavy (non-hydrogen) atoms. The van der Waals surface area contributed by atoms with Gasteiger partial charge >= 0.3 is 5.97 Å². The molecule has 5 nitrogen and oxygen atoms in total. The SMILES string of the molecule is Cc1cccc(NC(=O)C(C)OC(=O)COc2c(C)cccc2C)c1. The third-order valence-electron chi connectivity index (χ3n) is 3.71. The maximum atomic E-state index is 12.1. The molecule has 0 aromatic heterocycles. The fourth-order valence-corrected chi connectivity index (χ4v) is 2.41. The van der Waals surface area contributed by atoms with E-state index in [-0.39, 0.29) is 12.5 Å². The quantitative estimate of drug-likeness (QED) is 0.816. The van der Waals surface area contributed by atoms with Crippen LogP contribution >= 0.6 is 0 Å². The molecule has 0 fully saturated rings. The summed E-state index contributed by atoms with van der Waals surface area (Å²) in [6.45, 7) is 7.04. The van der Waals surface area contributed by atoms with Crippen molar-refractivity contribution in [1.29, 1.82) is 0 Å². The molecule has 0 aliphatic rings. The number of nitrogens with one attached hydrogen (secondary N) is 1. The Labute approximate surface area is 148 Å². The van der Waals surface area contributed by atoms with Gasteiger partial charge in [-0.05, 0) is 56.5 Å². The molecule has 0 spiro atoms. The number of anilines is 1.